The quantitative estimate of drug-likeness (QED) is 0.797. The second kappa shape index (κ2) is 5.48. The van der Waals surface area contributed by atoms with E-state index in [1.54, 1.807) is 12.1 Å². The molecule has 0 atom stereocenters. The average molecular weight is 263 g/mol. The average Bonchev–Trinajstić information content (AvgIpc) is 2.39. The third-order valence-electron chi connectivity index (χ3n) is 2.29. The highest BCUT2D eigenvalue weighted by atomic mass is 35.5. The maximum absolute atomic E-state index is 13.6. The highest BCUT2D eigenvalue weighted by Gasteiger charge is 2.06. The smallest absolute Gasteiger partial charge is 0.171 e. The summed E-state index contributed by atoms with van der Waals surface area (Å²) in [5.41, 5.74) is 0.629. The van der Waals surface area contributed by atoms with Gasteiger partial charge < -0.3 is 4.74 Å². The number of nitrogens with zero attached hydrogens (tertiary/aromatic N) is 2. The van der Waals surface area contributed by atoms with E-state index in [-0.39, 0.29) is 17.3 Å². The Morgan fingerprint density at radius 1 is 1.39 bits per heavy atom. The summed E-state index contributed by atoms with van der Waals surface area (Å²) in [5, 5.41) is 8.85. The van der Waals surface area contributed by atoms with Gasteiger partial charge >= 0.3 is 0 Å². The summed E-state index contributed by atoms with van der Waals surface area (Å²) in [6.45, 7) is 0.0307. The Bertz CT molecular complexity index is 610. The topological polar surface area (TPSA) is 45.9 Å². The van der Waals surface area contributed by atoms with Crippen LogP contribution in [0, 0.1) is 17.1 Å². The van der Waals surface area contributed by atoms with E-state index in [2.05, 4.69) is 4.98 Å². The fourth-order valence-corrected chi connectivity index (χ4v) is 1.54. The van der Waals surface area contributed by atoms with Crippen LogP contribution < -0.4 is 4.74 Å². The normalized spacial score (nSPS) is 9.83. The van der Waals surface area contributed by atoms with E-state index in [0.29, 0.717) is 11.3 Å². The van der Waals surface area contributed by atoms with Crippen LogP contribution >= 0.6 is 11.6 Å². The van der Waals surface area contributed by atoms with Crippen molar-refractivity contribution >= 4 is 11.6 Å². The highest BCUT2D eigenvalue weighted by Crippen LogP contribution is 2.22. The molecule has 3 nitrogen and oxygen atoms in total. The van der Waals surface area contributed by atoms with Crippen LogP contribution in [-0.4, -0.2) is 4.98 Å². The zero-order valence-electron chi connectivity index (χ0n) is 9.23. The van der Waals surface area contributed by atoms with Crippen LogP contribution in [0.25, 0.3) is 0 Å². The minimum atomic E-state index is -0.478. The lowest BCUT2D eigenvalue weighted by atomic mass is 10.1. The number of rotatable bonds is 3. The number of aromatic nitrogens is 1. The molecule has 5 heteroatoms. The van der Waals surface area contributed by atoms with Gasteiger partial charge in [-0.15, -0.1) is 0 Å². The van der Waals surface area contributed by atoms with Gasteiger partial charge in [0.05, 0.1) is 11.6 Å². The van der Waals surface area contributed by atoms with Crippen molar-refractivity contribution in [3.8, 4) is 11.8 Å². The van der Waals surface area contributed by atoms with Crippen LogP contribution in [0.15, 0.2) is 36.5 Å². The minimum absolute atomic E-state index is 0.0307. The Morgan fingerprint density at radius 2 is 2.22 bits per heavy atom. The van der Waals surface area contributed by atoms with Crippen LogP contribution in [-0.2, 0) is 6.61 Å². The maximum Gasteiger partial charge on any atom is 0.171 e. The molecular formula is C13H8ClFN2O. The number of ether oxygens (including phenoxy) is 1. The fourth-order valence-electron chi connectivity index (χ4n) is 1.37. The molecule has 0 aliphatic heterocycles. The number of benzene rings is 1. The minimum Gasteiger partial charge on any atom is -0.486 e. The van der Waals surface area contributed by atoms with Gasteiger partial charge in [0.15, 0.2) is 10.9 Å². The molecule has 0 bridgehead atoms. The number of hydrogen-bond donors (Lipinski definition) is 0. The molecule has 0 N–H and O–H groups in total. The van der Waals surface area contributed by atoms with Gasteiger partial charge in [0.25, 0.3) is 0 Å². The lowest BCUT2D eigenvalue weighted by Gasteiger charge is -2.07. The molecule has 0 unspecified atom stereocenters. The maximum atomic E-state index is 13.6. The van der Waals surface area contributed by atoms with E-state index in [1.165, 1.54) is 24.4 Å². The molecule has 90 valence electrons. The van der Waals surface area contributed by atoms with Crippen LogP contribution in [0.3, 0.4) is 0 Å². The van der Waals surface area contributed by atoms with Crippen LogP contribution in [0.1, 0.15) is 11.1 Å². The lowest BCUT2D eigenvalue weighted by Crippen LogP contribution is -1.99. The summed E-state index contributed by atoms with van der Waals surface area (Å²) in [7, 11) is 0. The second-order valence-corrected chi connectivity index (χ2v) is 3.86. The molecule has 0 radical (unpaired) electrons. The molecule has 2 rings (SSSR count). The summed E-state index contributed by atoms with van der Waals surface area (Å²) in [4.78, 5) is 3.84. The zero-order valence-corrected chi connectivity index (χ0v) is 9.99. The SMILES string of the molecule is N#Cc1ccc(COc2cccnc2Cl)c(F)c1. The van der Waals surface area contributed by atoms with Crippen molar-refractivity contribution in [2.24, 2.45) is 0 Å². The third-order valence-corrected chi connectivity index (χ3v) is 2.57. The lowest BCUT2D eigenvalue weighted by molar-refractivity contribution is 0.299. The van der Waals surface area contributed by atoms with E-state index in [0.717, 1.165) is 0 Å². The van der Waals surface area contributed by atoms with Gasteiger partial charge in [-0.05, 0) is 24.3 Å². The monoisotopic (exact) mass is 262 g/mol. The molecule has 0 saturated heterocycles. The molecular weight excluding hydrogens is 255 g/mol. The van der Waals surface area contributed by atoms with Gasteiger partial charge in [-0.25, -0.2) is 9.37 Å². The predicted octanol–water partition coefficient (Wildman–Crippen LogP) is 3.32. The van der Waals surface area contributed by atoms with Crippen molar-refractivity contribution < 1.29 is 9.13 Å². The molecule has 1 aromatic heterocycles. The van der Waals surface area contributed by atoms with Gasteiger partial charge in [0.2, 0.25) is 0 Å². The van der Waals surface area contributed by atoms with E-state index in [9.17, 15) is 4.39 Å². The molecule has 0 aliphatic rings. The summed E-state index contributed by atoms with van der Waals surface area (Å²) in [5.74, 6) is -0.0861. The van der Waals surface area contributed by atoms with Crippen LogP contribution in [0.2, 0.25) is 5.15 Å². The van der Waals surface area contributed by atoms with Gasteiger partial charge in [-0.2, -0.15) is 5.26 Å². The summed E-state index contributed by atoms with van der Waals surface area (Å²) < 4.78 is 18.9. The van der Waals surface area contributed by atoms with E-state index >= 15 is 0 Å². The summed E-state index contributed by atoms with van der Waals surface area (Å²) in [6.07, 6.45) is 1.54. The Hall–Kier alpha value is -2.12. The van der Waals surface area contributed by atoms with E-state index in [1.807, 2.05) is 6.07 Å². The van der Waals surface area contributed by atoms with Crippen molar-refractivity contribution in [3.63, 3.8) is 0 Å². The molecule has 0 fully saturated rings. The number of hydrogen-bond acceptors (Lipinski definition) is 3. The van der Waals surface area contributed by atoms with E-state index in [4.69, 9.17) is 21.6 Å². The zero-order chi connectivity index (χ0) is 13.0. The first-order valence-electron chi connectivity index (χ1n) is 5.12. The number of halogens is 2. The fraction of sp³-hybridized carbons (Fsp3) is 0.0769. The Labute approximate surface area is 108 Å². The number of pyridine rings is 1. The van der Waals surface area contributed by atoms with Crippen molar-refractivity contribution in [1.29, 1.82) is 5.26 Å². The van der Waals surface area contributed by atoms with Crippen molar-refractivity contribution in [2.75, 3.05) is 0 Å². The van der Waals surface area contributed by atoms with Crippen LogP contribution in [0.5, 0.6) is 5.75 Å². The molecule has 0 amide bonds. The molecule has 0 aliphatic carbocycles. The third kappa shape index (κ3) is 2.76. The first-order valence-corrected chi connectivity index (χ1v) is 5.50. The van der Waals surface area contributed by atoms with Crippen molar-refractivity contribution in [3.05, 3.63) is 58.6 Å². The van der Waals surface area contributed by atoms with Gasteiger partial charge in [0.1, 0.15) is 12.4 Å². The number of nitriles is 1. The van der Waals surface area contributed by atoms with Gasteiger partial charge in [-0.1, -0.05) is 17.7 Å². The van der Waals surface area contributed by atoms with Crippen LogP contribution in [0.4, 0.5) is 4.39 Å². The summed E-state index contributed by atoms with van der Waals surface area (Å²) in [6, 6.07) is 9.41. The molecule has 18 heavy (non-hydrogen) atoms. The Morgan fingerprint density at radius 3 is 2.89 bits per heavy atom. The second-order valence-electron chi connectivity index (χ2n) is 3.50. The van der Waals surface area contributed by atoms with Crippen molar-refractivity contribution in [1.82, 2.24) is 4.98 Å². The predicted molar refractivity (Wildman–Crippen MR) is 64.7 cm³/mol. The van der Waals surface area contributed by atoms with Gasteiger partial charge in [-0.3, -0.25) is 0 Å². The molecule has 1 aromatic carbocycles. The molecule has 0 spiro atoms. The standard InChI is InChI=1S/C13H8ClFN2O/c14-13-12(2-1-5-17-13)18-8-10-4-3-9(7-16)6-11(10)15/h1-6H,8H2. The van der Waals surface area contributed by atoms with E-state index < -0.39 is 5.82 Å². The molecule has 2 aromatic rings. The first kappa shape index (κ1) is 12.3. The largest absolute Gasteiger partial charge is 0.486 e. The molecule has 1 heterocycles. The van der Waals surface area contributed by atoms with Gasteiger partial charge in [0, 0.05) is 11.8 Å². The molecule has 0 saturated carbocycles. The first-order chi connectivity index (χ1) is 8.70. The van der Waals surface area contributed by atoms with Crippen molar-refractivity contribution in [2.45, 2.75) is 6.61 Å². The highest BCUT2D eigenvalue weighted by molar-refractivity contribution is 6.30. The summed E-state index contributed by atoms with van der Waals surface area (Å²) >= 11 is 5.81. The Balaban J connectivity index is 2.12. The Kier molecular flexibility index (Phi) is 3.75.